The summed E-state index contributed by atoms with van der Waals surface area (Å²) in [5.74, 6) is -1.50. The van der Waals surface area contributed by atoms with Gasteiger partial charge in [0.15, 0.2) is 12.2 Å². The van der Waals surface area contributed by atoms with Crippen LogP contribution in [0.5, 0.6) is 0 Å². The molecule has 1 aliphatic rings. The van der Waals surface area contributed by atoms with E-state index in [1.54, 1.807) is 24.3 Å². The molecule has 84 valence electrons. The van der Waals surface area contributed by atoms with Gasteiger partial charge in [0, 0.05) is 0 Å². The summed E-state index contributed by atoms with van der Waals surface area (Å²) in [6, 6.07) is 8.91. The highest BCUT2D eigenvalue weighted by Crippen LogP contribution is 2.16. The van der Waals surface area contributed by atoms with Crippen LogP contribution in [0.4, 0.5) is 0 Å². The third-order valence-corrected chi connectivity index (χ3v) is 2.52. The summed E-state index contributed by atoms with van der Waals surface area (Å²) < 4.78 is 0. The van der Waals surface area contributed by atoms with Crippen LogP contribution in [0.3, 0.4) is 0 Å². The Morgan fingerprint density at radius 3 is 2.00 bits per heavy atom. The summed E-state index contributed by atoms with van der Waals surface area (Å²) in [4.78, 5) is 23.7. The third-order valence-electron chi connectivity index (χ3n) is 2.52. The number of likely N-dealkylation sites (tertiary alicyclic amines) is 1. The van der Waals surface area contributed by atoms with Crippen LogP contribution in [-0.2, 0) is 16.1 Å². The molecular weight excluding hydrogens is 210 g/mol. The van der Waals surface area contributed by atoms with E-state index in [9.17, 15) is 19.8 Å². The number of nitrogens with zero attached hydrogens (tertiary/aromatic N) is 1. The van der Waals surface area contributed by atoms with Crippen molar-refractivity contribution in [3.63, 3.8) is 0 Å². The van der Waals surface area contributed by atoms with Gasteiger partial charge in [-0.25, -0.2) is 0 Å². The van der Waals surface area contributed by atoms with Gasteiger partial charge < -0.3 is 10.2 Å². The molecule has 16 heavy (non-hydrogen) atoms. The summed E-state index contributed by atoms with van der Waals surface area (Å²) in [5.41, 5.74) is 0.769. The molecule has 1 aromatic carbocycles. The molecule has 0 spiro atoms. The summed E-state index contributed by atoms with van der Waals surface area (Å²) in [6.07, 6.45) is -3.26. The summed E-state index contributed by atoms with van der Waals surface area (Å²) in [7, 11) is 0. The molecule has 1 unspecified atom stereocenters. The highest BCUT2D eigenvalue weighted by Gasteiger charge is 2.45. The fourth-order valence-corrected chi connectivity index (χ4v) is 1.62. The van der Waals surface area contributed by atoms with E-state index in [2.05, 4.69) is 0 Å². The van der Waals surface area contributed by atoms with Crippen molar-refractivity contribution < 1.29 is 19.8 Å². The number of aliphatic hydroxyl groups is 2. The maximum Gasteiger partial charge on any atom is 0.261 e. The van der Waals surface area contributed by atoms with Crippen molar-refractivity contribution in [2.24, 2.45) is 0 Å². The molecule has 0 bridgehead atoms. The molecule has 5 nitrogen and oxygen atoms in total. The Balaban J connectivity index is 2.17. The first-order valence-electron chi connectivity index (χ1n) is 4.86. The van der Waals surface area contributed by atoms with E-state index in [4.69, 9.17) is 0 Å². The molecule has 1 saturated heterocycles. The average molecular weight is 221 g/mol. The van der Waals surface area contributed by atoms with Crippen LogP contribution in [0.25, 0.3) is 0 Å². The van der Waals surface area contributed by atoms with E-state index in [0.717, 1.165) is 10.5 Å². The standard InChI is InChI=1S/C11H11NO4/c13-8-9(14)11(16)12(10(8)15)6-7-4-2-1-3-5-7/h1-5,8-9,13-14H,6H2/t8-,9?/m0/s1. The number of aliphatic hydroxyl groups excluding tert-OH is 2. The van der Waals surface area contributed by atoms with Crippen LogP contribution in [0.2, 0.25) is 0 Å². The molecule has 0 radical (unpaired) electrons. The lowest BCUT2D eigenvalue weighted by Crippen LogP contribution is -2.31. The highest BCUT2D eigenvalue weighted by atomic mass is 16.4. The first-order valence-corrected chi connectivity index (χ1v) is 4.86. The van der Waals surface area contributed by atoms with Crippen LogP contribution in [-0.4, -0.2) is 39.1 Å². The number of hydrogen-bond donors (Lipinski definition) is 2. The van der Waals surface area contributed by atoms with Gasteiger partial charge in [0.2, 0.25) is 0 Å². The van der Waals surface area contributed by atoms with Crippen molar-refractivity contribution in [1.82, 2.24) is 4.90 Å². The number of rotatable bonds is 2. The molecule has 0 aromatic heterocycles. The van der Waals surface area contributed by atoms with Gasteiger partial charge in [-0.1, -0.05) is 30.3 Å². The predicted octanol–water partition coefficient (Wildman–Crippen LogP) is -0.723. The van der Waals surface area contributed by atoms with Crippen molar-refractivity contribution in [2.45, 2.75) is 18.8 Å². The molecule has 2 amide bonds. The van der Waals surface area contributed by atoms with Crippen LogP contribution in [0, 0.1) is 0 Å². The molecule has 2 rings (SSSR count). The number of imide groups is 1. The SMILES string of the molecule is O=C1C(O)[C@H](O)C(=O)N1Cc1ccccc1. The zero-order valence-corrected chi connectivity index (χ0v) is 8.41. The van der Waals surface area contributed by atoms with Gasteiger partial charge in [0.1, 0.15) is 0 Å². The van der Waals surface area contributed by atoms with Crippen LogP contribution < -0.4 is 0 Å². The summed E-state index contributed by atoms with van der Waals surface area (Å²) in [5, 5.41) is 18.4. The van der Waals surface area contributed by atoms with Gasteiger partial charge in [-0.3, -0.25) is 14.5 Å². The fraction of sp³-hybridized carbons (Fsp3) is 0.273. The Morgan fingerprint density at radius 2 is 1.50 bits per heavy atom. The maximum absolute atomic E-state index is 11.4. The molecule has 2 atom stereocenters. The number of benzene rings is 1. The van der Waals surface area contributed by atoms with Crippen molar-refractivity contribution in [3.8, 4) is 0 Å². The van der Waals surface area contributed by atoms with Crippen LogP contribution in [0.15, 0.2) is 30.3 Å². The molecule has 2 N–H and O–H groups in total. The molecule has 0 saturated carbocycles. The molecule has 1 aliphatic heterocycles. The second-order valence-corrected chi connectivity index (χ2v) is 3.64. The Hall–Kier alpha value is -1.72. The van der Waals surface area contributed by atoms with Crippen molar-refractivity contribution >= 4 is 11.8 Å². The summed E-state index contributed by atoms with van der Waals surface area (Å²) >= 11 is 0. The lowest BCUT2D eigenvalue weighted by atomic mass is 10.2. The Kier molecular flexibility index (Phi) is 2.72. The smallest absolute Gasteiger partial charge is 0.261 e. The Bertz CT molecular complexity index is 397. The zero-order chi connectivity index (χ0) is 11.7. The largest absolute Gasteiger partial charge is 0.380 e. The first kappa shape index (κ1) is 10.8. The van der Waals surface area contributed by atoms with Gasteiger partial charge in [-0.15, -0.1) is 0 Å². The molecule has 0 aliphatic carbocycles. The molecule has 1 aromatic rings. The van der Waals surface area contributed by atoms with E-state index in [1.807, 2.05) is 6.07 Å². The minimum absolute atomic E-state index is 0.0760. The van der Waals surface area contributed by atoms with E-state index >= 15 is 0 Å². The van der Waals surface area contributed by atoms with Crippen molar-refractivity contribution in [1.29, 1.82) is 0 Å². The highest BCUT2D eigenvalue weighted by molar-refractivity contribution is 6.07. The van der Waals surface area contributed by atoms with E-state index in [-0.39, 0.29) is 6.54 Å². The topological polar surface area (TPSA) is 77.8 Å². The first-order chi connectivity index (χ1) is 7.61. The minimum atomic E-state index is -1.63. The molecule has 1 fully saturated rings. The van der Waals surface area contributed by atoms with Crippen LogP contribution in [0.1, 0.15) is 5.56 Å². The third kappa shape index (κ3) is 1.70. The van der Waals surface area contributed by atoms with Crippen molar-refractivity contribution in [3.05, 3.63) is 35.9 Å². The Labute approximate surface area is 91.9 Å². The van der Waals surface area contributed by atoms with Gasteiger partial charge in [0.05, 0.1) is 6.54 Å². The van der Waals surface area contributed by atoms with E-state index in [1.165, 1.54) is 0 Å². The van der Waals surface area contributed by atoms with Gasteiger partial charge in [-0.2, -0.15) is 0 Å². The normalized spacial score (nSPS) is 25.2. The molecule has 1 heterocycles. The van der Waals surface area contributed by atoms with Crippen LogP contribution >= 0.6 is 0 Å². The maximum atomic E-state index is 11.4. The number of carbonyl (C=O) groups excluding carboxylic acids is 2. The lowest BCUT2D eigenvalue weighted by molar-refractivity contribution is -0.142. The number of hydrogen-bond acceptors (Lipinski definition) is 4. The van der Waals surface area contributed by atoms with E-state index < -0.39 is 24.0 Å². The quantitative estimate of drug-likeness (QED) is 0.646. The predicted molar refractivity (Wildman–Crippen MR) is 54.0 cm³/mol. The van der Waals surface area contributed by atoms with Gasteiger partial charge >= 0.3 is 0 Å². The number of carbonyl (C=O) groups is 2. The number of amides is 2. The Morgan fingerprint density at radius 1 is 1.00 bits per heavy atom. The molecular formula is C11H11NO4. The fourth-order valence-electron chi connectivity index (χ4n) is 1.62. The lowest BCUT2D eigenvalue weighted by Gasteiger charge is -2.13. The van der Waals surface area contributed by atoms with E-state index in [0.29, 0.717) is 0 Å². The second-order valence-electron chi connectivity index (χ2n) is 3.64. The zero-order valence-electron chi connectivity index (χ0n) is 8.41. The van der Waals surface area contributed by atoms with Crippen molar-refractivity contribution in [2.75, 3.05) is 0 Å². The van der Waals surface area contributed by atoms with Gasteiger partial charge in [0.25, 0.3) is 11.8 Å². The second kappa shape index (κ2) is 4.03. The monoisotopic (exact) mass is 221 g/mol. The average Bonchev–Trinajstić information content (AvgIpc) is 2.48. The van der Waals surface area contributed by atoms with Gasteiger partial charge in [-0.05, 0) is 5.56 Å². The minimum Gasteiger partial charge on any atom is -0.380 e. The summed E-state index contributed by atoms with van der Waals surface area (Å²) in [6.45, 7) is 0.0760. The molecule has 5 heteroatoms.